The normalized spacial score (nSPS) is 11.1. The van der Waals surface area contributed by atoms with Crippen LogP contribution in [-0.4, -0.2) is 16.1 Å². The fraction of sp³-hybridized carbons (Fsp3) is 0.105. The van der Waals surface area contributed by atoms with Crippen molar-refractivity contribution in [3.05, 3.63) is 77.3 Å². The molecule has 0 aliphatic rings. The molecule has 0 aliphatic carbocycles. The van der Waals surface area contributed by atoms with Crippen LogP contribution in [-0.2, 0) is 17.5 Å². The first-order valence-corrected chi connectivity index (χ1v) is 8.35. The predicted octanol–water partition coefficient (Wildman–Crippen LogP) is 5.56. The molecule has 5 nitrogen and oxygen atoms in total. The van der Waals surface area contributed by atoms with Crippen LogP contribution < -0.4 is 5.32 Å². The fourth-order valence-corrected chi connectivity index (χ4v) is 2.59. The molecule has 0 spiro atoms. The summed E-state index contributed by atoms with van der Waals surface area (Å²) in [5.74, 6) is 0. The van der Waals surface area contributed by atoms with Crippen LogP contribution in [0.4, 0.5) is 23.7 Å². The van der Waals surface area contributed by atoms with Gasteiger partial charge >= 0.3 is 12.3 Å². The lowest BCUT2D eigenvalue weighted by Crippen LogP contribution is -2.14. The number of nitrogens with one attached hydrogen (secondary N) is 1. The molecule has 28 heavy (non-hydrogen) atoms. The number of benzene rings is 2. The summed E-state index contributed by atoms with van der Waals surface area (Å²) in [6.07, 6.45) is -0.719. The van der Waals surface area contributed by atoms with Gasteiger partial charge in [0.15, 0.2) is 0 Å². The Kier molecular flexibility index (Phi) is 5.79. The minimum Gasteiger partial charge on any atom is -0.444 e. The molecule has 144 valence electrons. The molecular weight excluding hydrogens is 395 g/mol. The maximum absolute atomic E-state index is 12.9. The van der Waals surface area contributed by atoms with Crippen molar-refractivity contribution in [2.45, 2.75) is 12.8 Å². The van der Waals surface area contributed by atoms with Gasteiger partial charge in [-0.2, -0.15) is 13.2 Å². The van der Waals surface area contributed by atoms with E-state index >= 15 is 0 Å². The Hall–Kier alpha value is -3.13. The van der Waals surface area contributed by atoms with Gasteiger partial charge in [-0.15, -0.1) is 0 Å². The lowest BCUT2D eigenvalue weighted by atomic mass is 10.1. The van der Waals surface area contributed by atoms with Crippen molar-refractivity contribution in [2.24, 2.45) is 0 Å². The smallest absolute Gasteiger partial charge is 0.417 e. The van der Waals surface area contributed by atoms with Crippen LogP contribution in [0.1, 0.15) is 11.1 Å². The zero-order valence-corrected chi connectivity index (χ0v) is 15.0. The fourth-order valence-electron chi connectivity index (χ4n) is 2.36. The van der Waals surface area contributed by atoms with Crippen molar-refractivity contribution < 1.29 is 22.7 Å². The predicted molar refractivity (Wildman–Crippen MR) is 97.7 cm³/mol. The average Bonchev–Trinajstić information content (AvgIpc) is 2.68. The molecule has 0 saturated carbocycles. The van der Waals surface area contributed by atoms with Gasteiger partial charge in [0.25, 0.3) is 0 Å². The number of hydrogen-bond donors (Lipinski definition) is 1. The van der Waals surface area contributed by atoms with E-state index in [-0.39, 0.29) is 12.3 Å². The van der Waals surface area contributed by atoms with Crippen molar-refractivity contribution in [1.82, 2.24) is 9.97 Å². The van der Waals surface area contributed by atoms with Crippen molar-refractivity contribution in [3.63, 3.8) is 0 Å². The molecule has 1 heterocycles. The van der Waals surface area contributed by atoms with Crippen molar-refractivity contribution in [2.75, 3.05) is 5.32 Å². The molecule has 0 aliphatic heterocycles. The zero-order chi connectivity index (χ0) is 20.1. The van der Waals surface area contributed by atoms with Gasteiger partial charge in [0, 0.05) is 23.6 Å². The number of halogens is 4. The maximum Gasteiger partial charge on any atom is 0.417 e. The molecule has 2 aromatic carbocycles. The van der Waals surface area contributed by atoms with Crippen LogP contribution in [0.3, 0.4) is 0 Å². The van der Waals surface area contributed by atoms with Gasteiger partial charge in [0.1, 0.15) is 12.9 Å². The number of carbonyl (C=O) groups is 1. The number of ether oxygens (including phenoxy) is 1. The van der Waals surface area contributed by atoms with Gasteiger partial charge in [-0.3, -0.25) is 5.32 Å². The molecular formula is C19H13ClF3N3O2. The summed E-state index contributed by atoms with van der Waals surface area (Å²) in [5, 5.41) is 1.80. The summed E-state index contributed by atoms with van der Waals surface area (Å²) in [6.45, 7) is -0.0445. The number of alkyl halides is 3. The number of amides is 1. The van der Waals surface area contributed by atoms with E-state index in [2.05, 4.69) is 15.3 Å². The monoisotopic (exact) mass is 407 g/mol. The second-order valence-electron chi connectivity index (χ2n) is 5.72. The summed E-state index contributed by atoms with van der Waals surface area (Å²) < 4.78 is 43.6. The number of nitrogens with zero attached hydrogens (tertiary/aromatic N) is 2. The third-order valence-electron chi connectivity index (χ3n) is 3.74. The Labute approximate surface area is 163 Å². The highest BCUT2D eigenvalue weighted by molar-refractivity contribution is 6.31. The summed E-state index contributed by atoms with van der Waals surface area (Å²) >= 11 is 5.54. The van der Waals surface area contributed by atoms with E-state index in [4.69, 9.17) is 16.3 Å². The number of aromatic nitrogens is 2. The van der Waals surface area contributed by atoms with Crippen LogP contribution in [0.15, 0.2) is 61.2 Å². The van der Waals surface area contributed by atoms with Gasteiger partial charge < -0.3 is 4.74 Å². The summed E-state index contributed by atoms with van der Waals surface area (Å²) in [7, 11) is 0. The lowest BCUT2D eigenvalue weighted by Gasteiger charge is -2.12. The topological polar surface area (TPSA) is 64.1 Å². The SMILES string of the molecule is O=C(Nc1ccc(Cl)c(C(F)(F)F)c1)OCc1ccc(-c2cncnc2)cc1. The second-order valence-corrected chi connectivity index (χ2v) is 6.12. The van der Waals surface area contributed by atoms with Gasteiger partial charge in [-0.05, 0) is 29.3 Å². The summed E-state index contributed by atoms with van der Waals surface area (Å²) in [6, 6.07) is 10.2. The highest BCUT2D eigenvalue weighted by atomic mass is 35.5. The third-order valence-corrected chi connectivity index (χ3v) is 4.07. The zero-order valence-electron chi connectivity index (χ0n) is 14.2. The first-order chi connectivity index (χ1) is 13.3. The van der Waals surface area contributed by atoms with E-state index in [9.17, 15) is 18.0 Å². The molecule has 9 heteroatoms. The molecule has 0 fully saturated rings. The number of anilines is 1. The second kappa shape index (κ2) is 8.26. The maximum atomic E-state index is 12.9. The number of hydrogen-bond acceptors (Lipinski definition) is 4. The molecule has 0 saturated heterocycles. The molecule has 1 N–H and O–H groups in total. The molecule has 1 amide bonds. The quantitative estimate of drug-likeness (QED) is 0.614. The minimum atomic E-state index is -4.62. The van der Waals surface area contributed by atoms with Crippen LogP contribution in [0.25, 0.3) is 11.1 Å². The third kappa shape index (κ3) is 4.98. The molecule has 3 aromatic rings. The molecule has 1 aromatic heterocycles. The van der Waals surface area contributed by atoms with E-state index < -0.39 is 22.9 Å². The Bertz CT molecular complexity index is 964. The van der Waals surface area contributed by atoms with Crippen molar-refractivity contribution >= 4 is 23.4 Å². The van der Waals surface area contributed by atoms with Gasteiger partial charge in [0.2, 0.25) is 0 Å². The van der Waals surface area contributed by atoms with E-state index in [0.29, 0.717) is 5.56 Å². The summed E-state index contributed by atoms with van der Waals surface area (Å²) in [4.78, 5) is 19.7. The van der Waals surface area contributed by atoms with E-state index in [1.54, 1.807) is 24.5 Å². The summed E-state index contributed by atoms with van der Waals surface area (Å²) in [5.41, 5.74) is 1.35. The van der Waals surface area contributed by atoms with Gasteiger partial charge in [-0.25, -0.2) is 14.8 Å². The number of rotatable bonds is 4. The van der Waals surface area contributed by atoms with Crippen molar-refractivity contribution in [1.29, 1.82) is 0 Å². The molecule has 0 bridgehead atoms. The first kappa shape index (κ1) is 19.6. The largest absolute Gasteiger partial charge is 0.444 e. The van der Waals surface area contributed by atoms with Gasteiger partial charge in [-0.1, -0.05) is 35.9 Å². The standard InChI is InChI=1S/C19H13ClF3N3O2/c20-17-6-5-15(7-16(17)19(21,22)23)26-18(27)28-10-12-1-3-13(4-2-12)14-8-24-11-25-9-14/h1-9,11H,10H2,(H,26,27). The van der Waals surface area contributed by atoms with Crippen LogP contribution in [0.5, 0.6) is 0 Å². The first-order valence-electron chi connectivity index (χ1n) is 7.98. The van der Waals surface area contributed by atoms with E-state index in [1.165, 1.54) is 12.4 Å². The highest BCUT2D eigenvalue weighted by Gasteiger charge is 2.33. The molecule has 0 atom stereocenters. The Morgan fingerprint density at radius 2 is 1.71 bits per heavy atom. The van der Waals surface area contributed by atoms with Crippen LogP contribution in [0, 0.1) is 0 Å². The van der Waals surface area contributed by atoms with Crippen LogP contribution >= 0.6 is 11.6 Å². The van der Waals surface area contributed by atoms with E-state index in [1.807, 2.05) is 12.1 Å². The molecule has 0 unspecified atom stereocenters. The lowest BCUT2D eigenvalue weighted by molar-refractivity contribution is -0.137. The Morgan fingerprint density at radius 3 is 2.36 bits per heavy atom. The molecule has 3 rings (SSSR count). The average molecular weight is 408 g/mol. The van der Waals surface area contributed by atoms with E-state index in [0.717, 1.165) is 23.3 Å². The highest BCUT2D eigenvalue weighted by Crippen LogP contribution is 2.36. The minimum absolute atomic E-state index is 0.0445. The Morgan fingerprint density at radius 1 is 1.04 bits per heavy atom. The van der Waals surface area contributed by atoms with Crippen molar-refractivity contribution in [3.8, 4) is 11.1 Å². The van der Waals surface area contributed by atoms with Gasteiger partial charge in [0.05, 0.1) is 10.6 Å². The van der Waals surface area contributed by atoms with Crippen LogP contribution in [0.2, 0.25) is 5.02 Å². The number of carbonyl (C=O) groups excluding carboxylic acids is 1. The molecule has 0 radical (unpaired) electrons. The Balaban J connectivity index is 1.59.